The van der Waals surface area contributed by atoms with Crippen LogP contribution in [0.5, 0.6) is 0 Å². The van der Waals surface area contributed by atoms with Gasteiger partial charge in [-0.2, -0.15) is 0 Å². The Morgan fingerprint density at radius 3 is 2.40 bits per heavy atom. The van der Waals surface area contributed by atoms with E-state index in [2.05, 4.69) is 25.1 Å². The van der Waals surface area contributed by atoms with Crippen molar-refractivity contribution in [3.63, 3.8) is 0 Å². The van der Waals surface area contributed by atoms with Gasteiger partial charge in [-0.25, -0.2) is 0 Å². The monoisotopic (exact) mass is 341 g/mol. The largest absolute Gasteiger partial charge is 0.459 e. The van der Waals surface area contributed by atoms with E-state index in [1.165, 1.54) is 5.56 Å². The van der Waals surface area contributed by atoms with E-state index in [1.807, 2.05) is 30.3 Å². The molecule has 0 spiro atoms. The number of carbonyl (C=O) groups is 1. The van der Waals surface area contributed by atoms with Crippen LogP contribution in [-0.4, -0.2) is 24.6 Å². The summed E-state index contributed by atoms with van der Waals surface area (Å²) in [6.45, 7) is 4.49. The summed E-state index contributed by atoms with van der Waals surface area (Å²) in [6.07, 6.45) is 0. The first-order chi connectivity index (χ1) is 11.9. The molecule has 0 heterocycles. The van der Waals surface area contributed by atoms with Gasteiger partial charge in [0.05, 0.1) is 0 Å². The summed E-state index contributed by atoms with van der Waals surface area (Å²) < 4.78 is 5.29. The average molecular weight is 341 g/mol. The Morgan fingerprint density at radius 1 is 1.12 bits per heavy atom. The van der Waals surface area contributed by atoms with Gasteiger partial charge in [-0.15, -0.1) is 0 Å². The zero-order valence-corrected chi connectivity index (χ0v) is 14.9. The Balaban J connectivity index is 2.15. The van der Waals surface area contributed by atoms with Gasteiger partial charge in [0.25, 0.3) is 0 Å². The van der Waals surface area contributed by atoms with Crippen LogP contribution in [0.3, 0.4) is 0 Å². The van der Waals surface area contributed by atoms with E-state index in [4.69, 9.17) is 21.9 Å². The van der Waals surface area contributed by atoms with Gasteiger partial charge >= 0.3 is 5.97 Å². The van der Waals surface area contributed by atoms with Gasteiger partial charge in [-0.05, 0) is 47.7 Å². The first kappa shape index (κ1) is 19.1. The van der Waals surface area contributed by atoms with Crippen molar-refractivity contribution in [1.82, 2.24) is 0 Å². The topological polar surface area (TPSA) is 104 Å². The van der Waals surface area contributed by atoms with Gasteiger partial charge < -0.3 is 21.9 Å². The number of hydrogen-bond acceptors (Lipinski definition) is 5. The van der Waals surface area contributed by atoms with E-state index in [0.29, 0.717) is 12.5 Å². The normalized spacial score (nSPS) is 14.6. The van der Waals surface area contributed by atoms with E-state index in [1.54, 1.807) is 6.92 Å². The van der Waals surface area contributed by atoms with Gasteiger partial charge in [-0.1, -0.05) is 49.4 Å². The maximum Gasteiger partial charge on any atom is 0.327 e. The van der Waals surface area contributed by atoms with Crippen LogP contribution in [0.2, 0.25) is 0 Å². The minimum Gasteiger partial charge on any atom is -0.459 e. The van der Waals surface area contributed by atoms with Crippen molar-refractivity contribution in [2.45, 2.75) is 31.9 Å². The number of benzene rings is 2. The van der Waals surface area contributed by atoms with Gasteiger partial charge in [0, 0.05) is 6.54 Å². The highest BCUT2D eigenvalue weighted by Gasteiger charge is 2.28. The predicted octanol–water partition coefficient (Wildman–Crippen LogP) is 2.14. The van der Waals surface area contributed by atoms with Crippen molar-refractivity contribution in [2.24, 2.45) is 17.2 Å². The molecule has 25 heavy (non-hydrogen) atoms. The molecule has 0 saturated carbocycles. The third-order valence-electron chi connectivity index (χ3n) is 4.33. The molecule has 6 N–H and O–H groups in total. The molecule has 0 fully saturated rings. The molecule has 2 atom stereocenters. The van der Waals surface area contributed by atoms with Crippen LogP contribution in [0.25, 0.3) is 11.1 Å². The maximum absolute atomic E-state index is 11.9. The molecule has 0 radical (unpaired) electrons. The summed E-state index contributed by atoms with van der Waals surface area (Å²) in [4.78, 5) is 11.9. The van der Waals surface area contributed by atoms with Crippen LogP contribution in [-0.2, 0) is 16.1 Å². The smallest absolute Gasteiger partial charge is 0.327 e. The SMILES string of the molecule is CC(CN)c1cccc(-c2cccc(COC(=O)C(C)(N)CN)c2)c1. The second-order valence-corrected chi connectivity index (χ2v) is 6.66. The van der Waals surface area contributed by atoms with Crippen molar-refractivity contribution in [3.8, 4) is 11.1 Å². The van der Waals surface area contributed by atoms with Gasteiger partial charge in [-0.3, -0.25) is 4.79 Å². The summed E-state index contributed by atoms with van der Waals surface area (Å²) in [5.74, 6) is -0.193. The second kappa shape index (κ2) is 8.25. The van der Waals surface area contributed by atoms with E-state index < -0.39 is 11.5 Å². The second-order valence-electron chi connectivity index (χ2n) is 6.66. The van der Waals surface area contributed by atoms with E-state index in [-0.39, 0.29) is 13.2 Å². The molecule has 0 saturated heterocycles. The molecular formula is C20H27N3O2. The molecule has 2 unspecified atom stereocenters. The van der Waals surface area contributed by atoms with Gasteiger partial charge in [0.2, 0.25) is 0 Å². The standard InChI is InChI=1S/C20H27N3O2/c1-14(11-21)16-6-4-8-18(10-16)17-7-3-5-15(9-17)12-25-19(24)20(2,23)13-22/h3-10,14H,11-13,21-23H2,1-2H3. The van der Waals surface area contributed by atoms with Crippen molar-refractivity contribution < 1.29 is 9.53 Å². The van der Waals surface area contributed by atoms with Crippen molar-refractivity contribution in [1.29, 1.82) is 0 Å². The minimum absolute atomic E-state index is 0.0397. The summed E-state index contributed by atoms with van der Waals surface area (Å²) in [7, 11) is 0. The fraction of sp³-hybridized carbons (Fsp3) is 0.350. The lowest BCUT2D eigenvalue weighted by atomic mass is 9.96. The van der Waals surface area contributed by atoms with Crippen LogP contribution in [0.1, 0.15) is 30.9 Å². The number of esters is 1. The van der Waals surface area contributed by atoms with Crippen molar-refractivity contribution in [3.05, 3.63) is 59.7 Å². The average Bonchev–Trinajstić information content (AvgIpc) is 2.65. The highest BCUT2D eigenvalue weighted by Crippen LogP contribution is 2.25. The molecule has 5 nitrogen and oxygen atoms in total. The van der Waals surface area contributed by atoms with E-state index in [0.717, 1.165) is 16.7 Å². The Bertz CT molecular complexity index is 728. The fourth-order valence-electron chi connectivity index (χ4n) is 2.40. The summed E-state index contributed by atoms with van der Waals surface area (Å²) in [6, 6.07) is 16.2. The molecule has 2 rings (SSSR count). The third kappa shape index (κ3) is 4.89. The van der Waals surface area contributed by atoms with E-state index in [9.17, 15) is 4.79 Å². The number of rotatable bonds is 7. The Kier molecular flexibility index (Phi) is 6.31. The zero-order valence-electron chi connectivity index (χ0n) is 14.9. The Labute approximate surface area is 149 Å². The summed E-state index contributed by atoms with van der Waals surface area (Å²) in [5, 5.41) is 0. The first-order valence-electron chi connectivity index (χ1n) is 8.43. The quantitative estimate of drug-likeness (QED) is 0.669. The lowest BCUT2D eigenvalue weighted by molar-refractivity contribution is -0.150. The van der Waals surface area contributed by atoms with Gasteiger partial charge in [0.1, 0.15) is 12.1 Å². The number of nitrogens with two attached hydrogens (primary N) is 3. The zero-order chi connectivity index (χ0) is 18.4. The lowest BCUT2D eigenvalue weighted by Crippen LogP contribution is -2.52. The molecule has 0 aliphatic rings. The first-order valence-corrected chi connectivity index (χ1v) is 8.43. The molecule has 134 valence electrons. The highest BCUT2D eigenvalue weighted by atomic mass is 16.5. The fourth-order valence-corrected chi connectivity index (χ4v) is 2.40. The van der Waals surface area contributed by atoms with Crippen LogP contribution in [0.4, 0.5) is 0 Å². The number of carbonyl (C=O) groups excluding carboxylic acids is 1. The molecule has 0 amide bonds. The summed E-state index contributed by atoms with van der Waals surface area (Å²) >= 11 is 0. The molecule has 2 aromatic carbocycles. The van der Waals surface area contributed by atoms with Crippen LogP contribution < -0.4 is 17.2 Å². The van der Waals surface area contributed by atoms with E-state index >= 15 is 0 Å². The predicted molar refractivity (Wildman–Crippen MR) is 101 cm³/mol. The van der Waals surface area contributed by atoms with Crippen LogP contribution >= 0.6 is 0 Å². The van der Waals surface area contributed by atoms with Crippen molar-refractivity contribution >= 4 is 5.97 Å². The molecule has 0 aliphatic carbocycles. The van der Waals surface area contributed by atoms with Gasteiger partial charge in [0.15, 0.2) is 0 Å². The maximum atomic E-state index is 11.9. The van der Waals surface area contributed by atoms with Crippen LogP contribution in [0, 0.1) is 0 Å². The van der Waals surface area contributed by atoms with Crippen molar-refractivity contribution in [2.75, 3.05) is 13.1 Å². The minimum atomic E-state index is -1.16. The summed E-state index contributed by atoms with van der Waals surface area (Å²) in [5.41, 5.74) is 20.2. The molecule has 0 aromatic heterocycles. The molecule has 0 bridgehead atoms. The molecule has 5 heteroatoms. The third-order valence-corrected chi connectivity index (χ3v) is 4.33. The number of hydrogen-bond donors (Lipinski definition) is 3. The number of ether oxygens (including phenoxy) is 1. The lowest BCUT2D eigenvalue weighted by Gasteiger charge is -2.20. The van der Waals surface area contributed by atoms with Crippen LogP contribution in [0.15, 0.2) is 48.5 Å². The highest BCUT2D eigenvalue weighted by molar-refractivity contribution is 5.80. The Hall–Kier alpha value is -2.21. The molecular weight excluding hydrogens is 314 g/mol. The molecule has 0 aliphatic heterocycles. The molecule has 2 aromatic rings. The Morgan fingerprint density at radius 2 is 1.76 bits per heavy atom.